The highest BCUT2D eigenvalue weighted by atomic mass is 17.0. The number of hydrogen-bond donors (Lipinski definition) is 1. The highest BCUT2D eigenvalue weighted by Gasteiger charge is 2.14. The predicted molar refractivity (Wildman–Crippen MR) is 99.6 cm³/mol. The number of rotatable bonds is 9. The number of para-hydroxylation sites is 1. The van der Waals surface area contributed by atoms with E-state index in [1.54, 1.807) is 0 Å². The Kier molecular flexibility index (Phi) is 7.46. The van der Waals surface area contributed by atoms with Crippen molar-refractivity contribution < 1.29 is 43.6 Å². The van der Waals surface area contributed by atoms with Gasteiger partial charge in [-0.05, 0) is 35.9 Å². The maximum atomic E-state index is 12.0. The molecule has 156 valence electrons. The van der Waals surface area contributed by atoms with Crippen molar-refractivity contribution >= 4 is 24.0 Å². The summed E-state index contributed by atoms with van der Waals surface area (Å²) in [4.78, 5) is 48.6. The van der Waals surface area contributed by atoms with Crippen molar-refractivity contribution in [3.05, 3.63) is 69.8 Å². The molecule has 0 spiro atoms. The van der Waals surface area contributed by atoms with Crippen molar-refractivity contribution in [2.24, 2.45) is 0 Å². The fraction of sp³-hybridized carbons (Fsp3) is 0.105. The first kappa shape index (κ1) is 21.9. The zero-order valence-corrected chi connectivity index (χ0v) is 15.5. The molecule has 0 aliphatic carbocycles. The van der Waals surface area contributed by atoms with E-state index in [9.17, 15) is 24.5 Å². The number of nitrogens with zero attached hydrogens (tertiary/aromatic N) is 1. The Morgan fingerprint density at radius 3 is 2.47 bits per heavy atom. The SMILES string of the molecule is COc1cc(/C=C/C(=O)Oc2ccccc2C(=O)O)ccc1OC(=O)CO[N+](=O)[O-]. The average molecular weight is 417 g/mol. The Balaban J connectivity index is 2.07. The zero-order valence-electron chi connectivity index (χ0n) is 15.5. The van der Waals surface area contributed by atoms with Gasteiger partial charge in [0.1, 0.15) is 11.3 Å². The van der Waals surface area contributed by atoms with Gasteiger partial charge in [-0.3, -0.25) is 0 Å². The summed E-state index contributed by atoms with van der Waals surface area (Å²) in [5.41, 5.74) is 0.310. The van der Waals surface area contributed by atoms with Crippen LogP contribution in [-0.2, 0) is 14.4 Å². The van der Waals surface area contributed by atoms with E-state index in [-0.39, 0.29) is 22.8 Å². The second-order valence-electron chi connectivity index (χ2n) is 5.44. The topological polar surface area (TPSA) is 152 Å². The largest absolute Gasteiger partial charge is 0.493 e. The van der Waals surface area contributed by atoms with E-state index in [1.165, 1.54) is 55.7 Å². The fourth-order valence-electron chi connectivity index (χ4n) is 2.17. The van der Waals surface area contributed by atoms with Gasteiger partial charge in [0.2, 0.25) is 0 Å². The summed E-state index contributed by atoms with van der Waals surface area (Å²) >= 11 is 0. The second-order valence-corrected chi connectivity index (χ2v) is 5.44. The number of methoxy groups -OCH3 is 1. The van der Waals surface area contributed by atoms with E-state index < -0.39 is 29.6 Å². The maximum Gasteiger partial charge on any atom is 0.339 e. The Labute approximate surface area is 169 Å². The molecule has 30 heavy (non-hydrogen) atoms. The van der Waals surface area contributed by atoms with Crippen LogP contribution >= 0.6 is 0 Å². The number of carboxylic acid groups (broad SMARTS) is 1. The average Bonchev–Trinajstić information content (AvgIpc) is 2.71. The third-order valence-electron chi connectivity index (χ3n) is 3.44. The summed E-state index contributed by atoms with van der Waals surface area (Å²) in [6.45, 7) is -0.887. The molecule has 0 aromatic heterocycles. The minimum absolute atomic E-state index is 0.00967. The van der Waals surface area contributed by atoms with Crippen LogP contribution in [-0.4, -0.2) is 41.8 Å². The molecule has 2 aromatic rings. The van der Waals surface area contributed by atoms with Crippen LogP contribution in [0, 0.1) is 10.1 Å². The lowest BCUT2D eigenvalue weighted by Crippen LogP contribution is -2.18. The van der Waals surface area contributed by atoms with Gasteiger partial charge in [0, 0.05) is 6.08 Å². The van der Waals surface area contributed by atoms with Gasteiger partial charge in [-0.2, -0.15) is 0 Å². The van der Waals surface area contributed by atoms with Gasteiger partial charge in [-0.15, -0.1) is 10.1 Å². The van der Waals surface area contributed by atoms with E-state index in [2.05, 4.69) is 4.84 Å². The lowest BCUT2D eigenvalue weighted by atomic mass is 10.2. The normalized spacial score (nSPS) is 10.3. The first-order valence-corrected chi connectivity index (χ1v) is 8.18. The van der Waals surface area contributed by atoms with E-state index >= 15 is 0 Å². The molecule has 2 rings (SSSR count). The van der Waals surface area contributed by atoms with E-state index in [4.69, 9.17) is 19.3 Å². The van der Waals surface area contributed by atoms with Crippen LogP contribution in [0.4, 0.5) is 0 Å². The van der Waals surface area contributed by atoms with Gasteiger partial charge < -0.3 is 24.2 Å². The monoisotopic (exact) mass is 417 g/mol. The minimum Gasteiger partial charge on any atom is -0.493 e. The van der Waals surface area contributed by atoms with Crippen molar-refractivity contribution in [3.8, 4) is 17.2 Å². The van der Waals surface area contributed by atoms with E-state index in [1.807, 2.05) is 0 Å². The van der Waals surface area contributed by atoms with Gasteiger partial charge in [0.25, 0.3) is 5.09 Å². The predicted octanol–water partition coefficient (Wildman–Crippen LogP) is 2.13. The fourth-order valence-corrected chi connectivity index (χ4v) is 2.17. The lowest BCUT2D eigenvalue weighted by Gasteiger charge is -2.09. The number of hydrogen-bond acceptors (Lipinski definition) is 9. The number of aromatic carboxylic acids is 1. The van der Waals surface area contributed by atoms with Crippen LogP contribution < -0.4 is 14.2 Å². The molecule has 0 aliphatic heterocycles. The van der Waals surface area contributed by atoms with Crippen LogP contribution in [0.2, 0.25) is 0 Å². The van der Waals surface area contributed by atoms with Gasteiger partial charge in [-0.25, -0.2) is 14.4 Å². The summed E-state index contributed by atoms with van der Waals surface area (Å²) in [6.07, 6.45) is 2.44. The van der Waals surface area contributed by atoms with Crippen molar-refractivity contribution in [2.75, 3.05) is 13.7 Å². The molecule has 0 radical (unpaired) electrons. The second kappa shape index (κ2) is 10.2. The molecule has 0 fully saturated rings. The molecule has 0 heterocycles. The molecule has 0 saturated heterocycles. The zero-order chi connectivity index (χ0) is 22.1. The number of ether oxygens (including phenoxy) is 3. The standard InChI is InChI=1S/C19H15NO10/c1-27-16-10-12(6-8-15(16)30-18(22)11-28-20(25)26)7-9-17(21)29-14-5-3-2-4-13(14)19(23)24/h2-10H,11H2,1H3,(H,23,24)/b9-7+. The highest BCUT2D eigenvalue weighted by molar-refractivity contribution is 5.94. The number of carbonyl (C=O) groups excluding carboxylic acids is 2. The molecule has 0 atom stereocenters. The van der Waals surface area contributed by atoms with Crippen LogP contribution in [0.15, 0.2) is 48.5 Å². The molecule has 2 aromatic carbocycles. The molecular formula is C19H15NO10. The molecule has 0 bridgehead atoms. The van der Waals surface area contributed by atoms with Gasteiger partial charge in [0.15, 0.2) is 18.1 Å². The third-order valence-corrected chi connectivity index (χ3v) is 3.44. The summed E-state index contributed by atoms with van der Waals surface area (Å²) < 4.78 is 15.0. The van der Waals surface area contributed by atoms with Crippen molar-refractivity contribution in [3.63, 3.8) is 0 Å². The molecule has 1 N–H and O–H groups in total. The number of benzene rings is 2. The third kappa shape index (κ3) is 6.34. The Morgan fingerprint density at radius 1 is 1.07 bits per heavy atom. The number of carboxylic acids is 1. The van der Waals surface area contributed by atoms with Crippen LogP contribution in [0.5, 0.6) is 17.2 Å². The Morgan fingerprint density at radius 2 is 1.80 bits per heavy atom. The van der Waals surface area contributed by atoms with Crippen molar-refractivity contribution in [2.45, 2.75) is 0 Å². The smallest absolute Gasteiger partial charge is 0.339 e. The highest BCUT2D eigenvalue weighted by Crippen LogP contribution is 2.28. The molecule has 0 aliphatic rings. The summed E-state index contributed by atoms with van der Waals surface area (Å²) in [5.74, 6) is -3.04. The van der Waals surface area contributed by atoms with E-state index in [0.29, 0.717) is 5.56 Å². The molecular weight excluding hydrogens is 402 g/mol. The summed E-state index contributed by atoms with van der Waals surface area (Å²) in [6, 6.07) is 9.95. The lowest BCUT2D eigenvalue weighted by molar-refractivity contribution is -0.754. The first-order valence-electron chi connectivity index (χ1n) is 8.18. The first-order chi connectivity index (χ1) is 14.3. The minimum atomic E-state index is -1.24. The van der Waals surface area contributed by atoms with Crippen molar-refractivity contribution in [1.29, 1.82) is 0 Å². The van der Waals surface area contributed by atoms with Gasteiger partial charge >= 0.3 is 17.9 Å². The molecule has 0 saturated carbocycles. The Bertz CT molecular complexity index is 999. The number of esters is 2. The molecule has 0 amide bonds. The maximum absolute atomic E-state index is 12.0. The molecule has 11 nitrogen and oxygen atoms in total. The van der Waals surface area contributed by atoms with Gasteiger partial charge in [-0.1, -0.05) is 18.2 Å². The van der Waals surface area contributed by atoms with Crippen molar-refractivity contribution in [1.82, 2.24) is 0 Å². The van der Waals surface area contributed by atoms with Crippen LogP contribution in [0.25, 0.3) is 6.08 Å². The Hall–Kier alpha value is -4.41. The van der Waals surface area contributed by atoms with Gasteiger partial charge in [0.05, 0.1) is 7.11 Å². The number of carbonyl (C=O) groups is 3. The summed E-state index contributed by atoms with van der Waals surface area (Å²) in [5, 5.41) is 18.1. The van der Waals surface area contributed by atoms with E-state index in [0.717, 1.165) is 6.08 Å². The van der Waals surface area contributed by atoms with Crippen LogP contribution in [0.1, 0.15) is 15.9 Å². The molecule has 11 heteroatoms. The molecule has 0 unspecified atom stereocenters. The summed E-state index contributed by atoms with van der Waals surface area (Å²) in [7, 11) is 1.31. The quantitative estimate of drug-likeness (QED) is 0.211. The van der Waals surface area contributed by atoms with Crippen LogP contribution in [0.3, 0.4) is 0 Å².